The molecule has 1 saturated heterocycles. The van der Waals surface area contributed by atoms with E-state index in [-0.39, 0.29) is 11.8 Å². The monoisotopic (exact) mass is 357 g/mol. The van der Waals surface area contributed by atoms with Crippen LogP contribution in [-0.4, -0.2) is 33.9 Å². The summed E-state index contributed by atoms with van der Waals surface area (Å²) in [6, 6.07) is 3.81. The minimum Gasteiger partial charge on any atom is -0.464 e. The second-order valence-corrected chi connectivity index (χ2v) is 7.10. The fourth-order valence-corrected chi connectivity index (χ4v) is 3.70. The Morgan fingerprint density at radius 3 is 3.16 bits per heavy atom. The molecule has 3 aromatic rings. The van der Waals surface area contributed by atoms with Crippen LogP contribution in [0.2, 0.25) is 5.02 Å². The Bertz CT molecular complexity index is 901. The van der Waals surface area contributed by atoms with Crippen LogP contribution in [0.4, 0.5) is 0 Å². The third-order valence-corrected chi connectivity index (χ3v) is 5.36. The molecular formula is C19H20ClN3O2. The first-order valence-corrected chi connectivity index (χ1v) is 8.93. The van der Waals surface area contributed by atoms with E-state index in [4.69, 9.17) is 16.0 Å². The van der Waals surface area contributed by atoms with Crippen LogP contribution in [0, 0.1) is 6.92 Å². The molecule has 0 aliphatic carbocycles. The number of hydrogen-bond acceptors (Lipinski definition) is 3. The average Bonchev–Trinajstić information content (AvgIpc) is 3.27. The van der Waals surface area contributed by atoms with E-state index >= 15 is 0 Å². The molecule has 2 aromatic heterocycles. The van der Waals surface area contributed by atoms with Crippen LogP contribution in [0.5, 0.6) is 0 Å². The van der Waals surface area contributed by atoms with Gasteiger partial charge >= 0.3 is 0 Å². The molecule has 1 aliphatic rings. The highest BCUT2D eigenvalue weighted by atomic mass is 35.5. The topological polar surface area (TPSA) is 62.1 Å². The highest BCUT2D eigenvalue weighted by Gasteiger charge is 2.26. The van der Waals surface area contributed by atoms with E-state index in [9.17, 15) is 4.79 Å². The van der Waals surface area contributed by atoms with Crippen LogP contribution in [0.1, 0.15) is 35.7 Å². The van der Waals surface area contributed by atoms with Gasteiger partial charge in [-0.1, -0.05) is 11.6 Å². The molecule has 25 heavy (non-hydrogen) atoms. The fourth-order valence-electron chi connectivity index (χ4n) is 3.54. The number of amides is 1. The third kappa shape index (κ3) is 3.16. The Hall–Kier alpha value is -2.27. The summed E-state index contributed by atoms with van der Waals surface area (Å²) < 4.78 is 5.61. The molecule has 1 N–H and O–H groups in total. The lowest BCUT2D eigenvalue weighted by molar-refractivity contribution is -0.131. The maximum absolute atomic E-state index is 12.8. The number of benzene rings is 1. The van der Waals surface area contributed by atoms with E-state index in [1.807, 2.05) is 30.2 Å². The van der Waals surface area contributed by atoms with Gasteiger partial charge in [0.1, 0.15) is 11.4 Å². The first-order valence-electron chi connectivity index (χ1n) is 8.55. The number of furan rings is 1. The second kappa shape index (κ2) is 6.56. The van der Waals surface area contributed by atoms with E-state index in [1.54, 1.807) is 12.5 Å². The fraction of sp³-hybridized carbons (Fsp3) is 0.368. The number of nitrogens with one attached hydrogen (secondary N) is 1. The summed E-state index contributed by atoms with van der Waals surface area (Å²) in [5.74, 6) is 1.37. The highest BCUT2D eigenvalue weighted by Crippen LogP contribution is 2.29. The Balaban J connectivity index is 1.51. The second-order valence-electron chi connectivity index (χ2n) is 6.69. The van der Waals surface area contributed by atoms with E-state index in [1.165, 1.54) is 0 Å². The van der Waals surface area contributed by atoms with E-state index in [2.05, 4.69) is 9.97 Å². The number of carbonyl (C=O) groups is 1. The first kappa shape index (κ1) is 16.2. The number of piperidine rings is 1. The van der Waals surface area contributed by atoms with Crippen molar-refractivity contribution < 1.29 is 9.21 Å². The van der Waals surface area contributed by atoms with Crippen molar-refractivity contribution in [3.05, 3.63) is 52.8 Å². The average molecular weight is 358 g/mol. The number of aromatic nitrogens is 2. The van der Waals surface area contributed by atoms with Crippen LogP contribution < -0.4 is 0 Å². The van der Waals surface area contributed by atoms with Crippen molar-refractivity contribution in [2.45, 2.75) is 32.1 Å². The minimum atomic E-state index is 0.121. The summed E-state index contributed by atoms with van der Waals surface area (Å²) in [5.41, 5.74) is 2.64. The highest BCUT2D eigenvalue weighted by molar-refractivity contribution is 6.32. The molecule has 1 aromatic carbocycles. The normalized spacial score (nSPS) is 18.0. The summed E-state index contributed by atoms with van der Waals surface area (Å²) in [4.78, 5) is 22.2. The van der Waals surface area contributed by atoms with Crippen LogP contribution >= 0.6 is 11.6 Å². The zero-order valence-electron chi connectivity index (χ0n) is 14.1. The molecule has 130 valence electrons. The Kier molecular flexibility index (Phi) is 4.25. The smallest absolute Gasteiger partial charge is 0.227 e. The van der Waals surface area contributed by atoms with Crippen molar-refractivity contribution in [1.82, 2.24) is 14.9 Å². The van der Waals surface area contributed by atoms with Gasteiger partial charge in [-0.2, -0.15) is 0 Å². The van der Waals surface area contributed by atoms with Crippen LogP contribution in [0.3, 0.4) is 0 Å². The van der Waals surface area contributed by atoms with Crippen molar-refractivity contribution in [3.63, 3.8) is 0 Å². The van der Waals surface area contributed by atoms with Gasteiger partial charge in [-0.3, -0.25) is 4.79 Å². The van der Waals surface area contributed by atoms with Crippen LogP contribution in [-0.2, 0) is 11.2 Å². The van der Waals surface area contributed by atoms with Gasteiger partial charge in [0.25, 0.3) is 0 Å². The van der Waals surface area contributed by atoms with Gasteiger partial charge in [0, 0.05) is 47.4 Å². The molecule has 5 nitrogen and oxygen atoms in total. The van der Waals surface area contributed by atoms with Crippen molar-refractivity contribution in [1.29, 1.82) is 0 Å². The number of fused-ring (bicyclic) bond motifs is 1. The summed E-state index contributed by atoms with van der Waals surface area (Å²) >= 11 is 6.23. The number of rotatable bonds is 3. The van der Waals surface area contributed by atoms with E-state index in [0.29, 0.717) is 18.0 Å². The molecule has 3 heterocycles. The predicted molar refractivity (Wildman–Crippen MR) is 96.8 cm³/mol. The van der Waals surface area contributed by atoms with Gasteiger partial charge in [0.2, 0.25) is 5.91 Å². The molecule has 4 rings (SSSR count). The van der Waals surface area contributed by atoms with E-state index < -0.39 is 0 Å². The molecule has 1 atom stereocenters. The van der Waals surface area contributed by atoms with Gasteiger partial charge in [-0.25, -0.2) is 4.98 Å². The number of H-pyrrole nitrogens is 1. The maximum Gasteiger partial charge on any atom is 0.227 e. The van der Waals surface area contributed by atoms with Gasteiger partial charge in [-0.05, 0) is 37.5 Å². The largest absolute Gasteiger partial charge is 0.464 e. The quantitative estimate of drug-likeness (QED) is 0.768. The molecule has 0 spiro atoms. The molecule has 6 heteroatoms. The number of aromatic amines is 1. The lowest BCUT2D eigenvalue weighted by Gasteiger charge is -2.31. The zero-order valence-corrected chi connectivity index (χ0v) is 14.8. The Labute approximate surface area is 151 Å². The third-order valence-electron chi connectivity index (χ3n) is 4.96. The SMILES string of the molecule is Cc1cc2occ(CC(=O)N3CCC[C@H](c4ncc[nH]4)C3)c2cc1Cl. The number of imidazole rings is 1. The van der Waals surface area contributed by atoms with Gasteiger partial charge in [0.05, 0.1) is 12.7 Å². The van der Waals surface area contributed by atoms with Crippen LogP contribution in [0.25, 0.3) is 11.0 Å². The number of likely N-dealkylation sites (tertiary alicyclic amines) is 1. The van der Waals surface area contributed by atoms with Gasteiger partial charge < -0.3 is 14.3 Å². The predicted octanol–water partition coefficient (Wildman–Crippen LogP) is 4.07. The molecule has 0 radical (unpaired) electrons. The maximum atomic E-state index is 12.8. The molecular weight excluding hydrogens is 338 g/mol. The molecule has 0 unspecified atom stereocenters. The molecule has 0 saturated carbocycles. The molecule has 1 aliphatic heterocycles. The number of hydrogen-bond donors (Lipinski definition) is 1. The summed E-state index contributed by atoms with van der Waals surface area (Å²) in [6.45, 7) is 3.45. The number of nitrogens with zero attached hydrogens (tertiary/aromatic N) is 2. The van der Waals surface area contributed by atoms with Crippen molar-refractivity contribution in [3.8, 4) is 0 Å². The van der Waals surface area contributed by atoms with Gasteiger partial charge in [0.15, 0.2) is 0 Å². The number of aryl methyl sites for hydroxylation is 1. The Morgan fingerprint density at radius 1 is 1.48 bits per heavy atom. The summed E-state index contributed by atoms with van der Waals surface area (Å²) in [5, 5.41) is 1.61. The lowest BCUT2D eigenvalue weighted by atomic mass is 9.96. The molecule has 0 bridgehead atoms. The standard InChI is InChI=1S/C19H20ClN3O2/c1-12-7-17-15(9-16(12)20)14(11-25-17)8-18(24)23-6-2-3-13(10-23)19-21-4-5-22-19/h4-5,7,9,11,13H,2-3,6,8,10H2,1H3,(H,21,22)/t13-/m0/s1. The van der Waals surface area contributed by atoms with Crippen LogP contribution in [0.15, 0.2) is 35.2 Å². The van der Waals surface area contributed by atoms with Crippen molar-refractivity contribution in [2.75, 3.05) is 13.1 Å². The number of carbonyl (C=O) groups excluding carboxylic acids is 1. The minimum absolute atomic E-state index is 0.121. The van der Waals surface area contributed by atoms with E-state index in [0.717, 1.165) is 47.3 Å². The molecule has 1 amide bonds. The first-order chi connectivity index (χ1) is 12.1. The van der Waals surface area contributed by atoms with Crippen molar-refractivity contribution in [2.24, 2.45) is 0 Å². The summed E-state index contributed by atoms with van der Waals surface area (Å²) in [6.07, 6.45) is 7.65. The molecule has 1 fully saturated rings. The van der Waals surface area contributed by atoms with Crippen molar-refractivity contribution >= 4 is 28.5 Å². The van der Waals surface area contributed by atoms with Gasteiger partial charge in [-0.15, -0.1) is 0 Å². The zero-order chi connectivity index (χ0) is 17.4. The number of halogens is 1. The Morgan fingerprint density at radius 2 is 2.36 bits per heavy atom. The lowest BCUT2D eigenvalue weighted by Crippen LogP contribution is -2.40. The summed E-state index contributed by atoms with van der Waals surface area (Å²) in [7, 11) is 0.